The standard InChI is InChI=1S/C7H9Br2N3O2/c8-6-10-7(9)12(11-6)3-5-1-2-13-4-14-5/h5H,1-4H2/t5-/m0/s1. The number of nitrogens with zero attached hydrogens (tertiary/aromatic N) is 3. The fourth-order valence-electron chi connectivity index (χ4n) is 1.25. The van der Waals surface area contributed by atoms with Crippen molar-refractivity contribution in [3.63, 3.8) is 0 Å². The van der Waals surface area contributed by atoms with Gasteiger partial charge in [-0.2, -0.15) is 4.98 Å². The van der Waals surface area contributed by atoms with Crippen LogP contribution in [-0.4, -0.2) is 34.3 Å². The van der Waals surface area contributed by atoms with Crippen molar-refractivity contribution in [3.8, 4) is 0 Å². The van der Waals surface area contributed by atoms with Crippen LogP contribution in [0.25, 0.3) is 0 Å². The van der Waals surface area contributed by atoms with Gasteiger partial charge in [0.15, 0.2) is 4.73 Å². The van der Waals surface area contributed by atoms with Gasteiger partial charge < -0.3 is 9.47 Å². The molecule has 2 heterocycles. The third-order valence-corrected chi connectivity index (χ3v) is 2.87. The molecule has 1 aromatic heterocycles. The summed E-state index contributed by atoms with van der Waals surface area (Å²) in [7, 11) is 0. The molecule has 0 bridgehead atoms. The van der Waals surface area contributed by atoms with E-state index >= 15 is 0 Å². The van der Waals surface area contributed by atoms with E-state index in [0.717, 1.165) is 13.0 Å². The molecular weight excluding hydrogens is 318 g/mol. The first-order chi connectivity index (χ1) is 6.75. The number of halogens is 2. The highest BCUT2D eigenvalue weighted by atomic mass is 79.9. The summed E-state index contributed by atoms with van der Waals surface area (Å²) >= 11 is 6.53. The van der Waals surface area contributed by atoms with Crippen LogP contribution in [-0.2, 0) is 16.0 Å². The van der Waals surface area contributed by atoms with Gasteiger partial charge in [0.25, 0.3) is 0 Å². The van der Waals surface area contributed by atoms with E-state index in [1.807, 2.05) is 0 Å². The summed E-state index contributed by atoms with van der Waals surface area (Å²) in [6, 6.07) is 0. The van der Waals surface area contributed by atoms with Crippen LogP contribution in [0.4, 0.5) is 0 Å². The maximum atomic E-state index is 5.40. The van der Waals surface area contributed by atoms with Crippen LogP contribution in [0, 0.1) is 0 Å². The molecule has 0 aromatic carbocycles. The zero-order chi connectivity index (χ0) is 9.97. The Morgan fingerprint density at radius 1 is 1.50 bits per heavy atom. The molecular formula is C7H9Br2N3O2. The van der Waals surface area contributed by atoms with Crippen molar-refractivity contribution in [1.82, 2.24) is 14.8 Å². The number of rotatable bonds is 2. The van der Waals surface area contributed by atoms with Gasteiger partial charge in [-0.05, 0) is 38.3 Å². The highest BCUT2D eigenvalue weighted by Gasteiger charge is 2.17. The van der Waals surface area contributed by atoms with Gasteiger partial charge in [0.05, 0.1) is 19.3 Å². The van der Waals surface area contributed by atoms with Crippen molar-refractivity contribution in [3.05, 3.63) is 9.47 Å². The van der Waals surface area contributed by atoms with Crippen LogP contribution in [0.2, 0.25) is 0 Å². The highest BCUT2D eigenvalue weighted by Crippen LogP contribution is 2.14. The lowest BCUT2D eigenvalue weighted by molar-refractivity contribution is -0.143. The first-order valence-corrected chi connectivity index (χ1v) is 5.79. The van der Waals surface area contributed by atoms with Crippen molar-refractivity contribution in [1.29, 1.82) is 0 Å². The summed E-state index contributed by atoms with van der Waals surface area (Å²) in [6.07, 6.45) is 1.05. The predicted octanol–water partition coefficient (Wildman–Crippen LogP) is 1.57. The number of ether oxygens (including phenoxy) is 2. The van der Waals surface area contributed by atoms with Crippen LogP contribution in [0.3, 0.4) is 0 Å². The molecule has 78 valence electrons. The predicted molar refractivity (Wildman–Crippen MR) is 55.7 cm³/mol. The molecule has 1 fully saturated rings. The minimum Gasteiger partial charge on any atom is -0.355 e. The summed E-state index contributed by atoms with van der Waals surface area (Å²) in [4.78, 5) is 4.07. The molecule has 5 nitrogen and oxygen atoms in total. The van der Waals surface area contributed by atoms with Crippen LogP contribution in [0.15, 0.2) is 9.47 Å². The molecule has 7 heteroatoms. The molecule has 1 aliphatic rings. The second-order valence-corrected chi connectivity index (χ2v) is 4.35. The Morgan fingerprint density at radius 2 is 2.36 bits per heavy atom. The minimum atomic E-state index is 0.161. The molecule has 0 spiro atoms. The van der Waals surface area contributed by atoms with Gasteiger partial charge in [0.1, 0.15) is 6.79 Å². The van der Waals surface area contributed by atoms with Gasteiger partial charge in [0, 0.05) is 0 Å². The molecule has 0 N–H and O–H groups in total. The molecule has 1 aromatic rings. The summed E-state index contributed by atoms with van der Waals surface area (Å²) in [5.41, 5.74) is 0. The lowest BCUT2D eigenvalue weighted by atomic mass is 10.2. The number of hydrogen-bond donors (Lipinski definition) is 0. The topological polar surface area (TPSA) is 49.2 Å². The van der Waals surface area contributed by atoms with E-state index < -0.39 is 0 Å². The Hall–Kier alpha value is 0.0200. The average Bonchev–Trinajstić information content (AvgIpc) is 2.47. The molecule has 0 aliphatic carbocycles. The van der Waals surface area contributed by atoms with Crippen LogP contribution >= 0.6 is 31.9 Å². The van der Waals surface area contributed by atoms with Crippen LogP contribution < -0.4 is 0 Å². The Labute approximate surface area is 98.0 Å². The molecule has 0 unspecified atom stereocenters. The summed E-state index contributed by atoms with van der Waals surface area (Å²) in [5.74, 6) is 0. The van der Waals surface area contributed by atoms with Gasteiger partial charge in [-0.25, -0.2) is 4.68 Å². The van der Waals surface area contributed by atoms with Gasteiger partial charge in [-0.1, -0.05) is 0 Å². The number of hydrogen-bond acceptors (Lipinski definition) is 4. The molecule has 2 rings (SSSR count). The van der Waals surface area contributed by atoms with Crippen molar-refractivity contribution < 1.29 is 9.47 Å². The van der Waals surface area contributed by atoms with E-state index in [2.05, 4.69) is 41.9 Å². The fourth-order valence-corrected chi connectivity index (χ4v) is 2.24. The Kier molecular flexibility index (Phi) is 3.53. The van der Waals surface area contributed by atoms with Crippen molar-refractivity contribution in [2.45, 2.75) is 19.1 Å². The van der Waals surface area contributed by atoms with Gasteiger partial charge in [0.2, 0.25) is 4.73 Å². The SMILES string of the molecule is Brc1nc(Br)n(C[C@@H]2CCOCO2)n1. The molecule has 0 radical (unpaired) electrons. The van der Waals surface area contributed by atoms with Crippen LogP contribution in [0.5, 0.6) is 0 Å². The second-order valence-electron chi connectivity index (χ2n) is 2.94. The summed E-state index contributed by atoms with van der Waals surface area (Å²) < 4.78 is 13.5. The van der Waals surface area contributed by atoms with Crippen LogP contribution in [0.1, 0.15) is 6.42 Å². The molecule has 1 atom stereocenters. The van der Waals surface area contributed by atoms with Crippen molar-refractivity contribution >= 4 is 31.9 Å². The lowest BCUT2D eigenvalue weighted by Gasteiger charge is -2.22. The van der Waals surface area contributed by atoms with Gasteiger partial charge >= 0.3 is 0 Å². The Balaban J connectivity index is 1.98. The summed E-state index contributed by atoms with van der Waals surface area (Å²) in [5, 5.41) is 4.16. The van der Waals surface area contributed by atoms with Gasteiger partial charge in [-0.15, -0.1) is 5.10 Å². The third kappa shape index (κ3) is 2.53. The second kappa shape index (κ2) is 4.69. The quantitative estimate of drug-likeness (QED) is 0.827. The maximum absolute atomic E-state index is 5.40. The van der Waals surface area contributed by atoms with E-state index in [4.69, 9.17) is 9.47 Å². The Morgan fingerprint density at radius 3 is 2.93 bits per heavy atom. The molecule has 1 saturated heterocycles. The summed E-state index contributed by atoms with van der Waals surface area (Å²) in [6.45, 7) is 1.82. The Bertz CT molecular complexity index is 312. The average molecular weight is 327 g/mol. The van der Waals surface area contributed by atoms with Gasteiger partial charge in [-0.3, -0.25) is 0 Å². The maximum Gasteiger partial charge on any atom is 0.218 e. The molecule has 0 saturated carbocycles. The smallest absolute Gasteiger partial charge is 0.218 e. The van der Waals surface area contributed by atoms with Crippen molar-refractivity contribution in [2.75, 3.05) is 13.4 Å². The largest absolute Gasteiger partial charge is 0.355 e. The first kappa shape index (κ1) is 10.5. The normalized spacial score (nSPS) is 22.6. The third-order valence-electron chi connectivity index (χ3n) is 1.95. The van der Waals surface area contributed by atoms with E-state index in [1.165, 1.54) is 0 Å². The molecule has 0 amide bonds. The first-order valence-electron chi connectivity index (χ1n) is 4.21. The van der Waals surface area contributed by atoms with E-state index in [-0.39, 0.29) is 6.10 Å². The zero-order valence-corrected chi connectivity index (χ0v) is 10.5. The van der Waals surface area contributed by atoms with Crippen molar-refractivity contribution in [2.24, 2.45) is 0 Å². The molecule has 14 heavy (non-hydrogen) atoms. The molecule has 1 aliphatic heterocycles. The number of aromatic nitrogens is 3. The fraction of sp³-hybridized carbons (Fsp3) is 0.714. The van der Waals surface area contributed by atoms with E-state index in [1.54, 1.807) is 4.68 Å². The zero-order valence-electron chi connectivity index (χ0n) is 7.32. The minimum absolute atomic E-state index is 0.161. The van der Waals surface area contributed by atoms with E-state index in [0.29, 0.717) is 22.8 Å². The lowest BCUT2D eigenvalue weighted by Crippen LogP contribution is -2.28. The monoisotopic (exact) mass is 325 g/mol. The van der Waals surface area contributed by atoms with E-state index in [9.17, 15) is 0 Å². The highest BCUT2D eigenvalue weighted by molar-refractivity contribution is 9.11.